The van der Waals surface area contributed by atoms with Crippen LogP contribution in [0.2, 0.25) is 0 Å². The monoisotopic (exact) mass is 341 g/mol. The maximum Gasteiger partial charge on any atom is 0.270 e. The van der Waals surface area contributed by atoms with Gasteiger partial charge in [-0.05, 0) is 29.8 Å². The lowest BCUT2D eigenvalue weighted by atomic mass is 10.2. The molecule has 2 aromatic heterocycles. The summed E-state index contributed by atoms with van der Waals surface area (Å²) >= 11 is 0. The number of anilines is 1. The minimum absolute atomic E-state index is 0.184. The van der Waals surface area contributed by atoms with E-state index in [0.717, 1.165) is 50.6 Å². The molecule has 0 atom stereocenters. The molecule has 25 heavy (non-hydrogen) atoms. The third-order valence-electron chi connectivity index (χ3n) is 4.06. The molecule has 1 amide bonds. The van der Waals surface area contributed by atoms with Crippen molar-refractivity contribution in [1.82, 2.24) is 20.2 Å². The van der Waals surface area contributed by atoms with Gasteiger partial charge in [-0.25, -0.2) is 4.98 Å². The van der Waals surface area contributed by atoms with Crippen molar-refractivity contribution in [2.24, 2.45) is 0 Å². The Kier molecular flexibility index (Phi) is 6.30. The van der Waals surface area contributed by atoms with Crippen molar-refractivity contribution >= 4 is 11.6 Å². The van der Waals surface area contributed by atoms with Crippen molar-refractivity contribution in [2.75, 3.05) is 44.7 Å². The van der Waals surface area contributed by atoms with E-state index in [2.05, 4.69) is 25.5 Å². The van der Waals surface area contributed by atoms with Gasteiger partial charge in [0, 0.05) is 45.1 Å². The zero-order valence-corrected chi connectivity index (χ0v) is 14.1. The highest BCUT2D eigenvalue weighted by atomic mass is 16.5. The van der Waals surface area contributed by atoms with E-state index in [1.807, 2.05) is 18.2 Å². The number of ether oxygens (including phenoxy) is 1. The summed E-state index contributed by atoms with van der Waals surface area (Å²) in [6.07, 6.45) is 5.11. The van der Waals surface area contributed by atoms with Gasteiger partial charge in [-0.2, -0.15) is 0 Å². The summed E-state index contributed by atoms with van der Waals surface area (Å²) in [5.41, 5.74) is 2.33. The zero-order valence-electron chi connectivity index (χ0n) is 14.1. The summed E-state index contributed by atoms with van der Waals surface area (Å²) in [7, 11) is 0. The smallest absolute Gasteiger partial charge is 0.270 e. The molecule has 0 aromatic carbocycles. The Balaban J connectivity index is 1.42. The molecular formula is C18H23N5O2. The van der Waals surface area contributed by atoms with Gasteiger partial charge in [-0.15, -0.1) is 0 Å². The number of rotatable bonds is 7. The largest absolute Gasteiger partial charge is 0.383 e. The number of morpholine rings is 1. The van der Waals surface area contributed by atoms with Crippen molar-refractivity contribution in [3.63, 3.8) is 0 Å². The molecule has 3 rings (SSSR count). The van der Waals surface area contributed by atoms with Crippen molar-refractivity contribution < 1.29 is 9.53 Å². The van der Waals surface area contributed by atoms with Gasteiger partial charge >= 0.3 is 0 Å². The number of pyridine rings is 2. The first-order chi connectivity index (χ1) is 12.3. The Bertz CT molecular complexity index is 657. The number of aromatic nitrogens is 2. The van der Waals surface area contributed by atoms with Crippen molar-refractivity contribution in [3.8, 4) is 0 Å². The lowest BCUT2D eigenvalue weighted by Gasteiger charge is -2.26. The van der Waals surface area contributed by atoms with Gasteiger partial charge in [0.2, 0.25) is 0 Å². The van der Waals surface area contributed by atoms with Crippen LogP contribution in [0.5, 0.6) is 0 Å². The third kappa shape index (κ3) is 5.51. The van der Waals surface area contributed by atoms with Crippen LogP contribution < -0.4 is 10.6 Å². The average Bonchev–Trinajstić information content (AvgIpc) is 2.68. The van der Waals surface area contributed by atoms with Crippen LogP contribution in [0.3, 0.4) is 0 Å². The zero-order chi connectivity index (χ0) is 17.3. The number of nitrogens with one attached hydrogen (secondary N) is 2. The number of hydrogen-bond donors (Lipinski definition) is 2. The fourth-order valence-electron chi connectivity index (χ4n) is 2.59. The topological polar surface area (TPSA) is 79.4 Å². The van der Waals surface area contributed by atoms with Gasteiger partial charge in [-0.3, -0.25) is 14.7 Å². The molecule has 1 aliphatic heterocycles. The minimum atomic E-state index is -0.184. The van der Waals surface area contributed by atoms with E-state index in [-0.39, 0.29) is 5.91 Å². The predicted octanol–water partition coefficient (Wildman–Crippen LogP) is 1.15. The van der Waals surface area contributed by atoms with Crippen LogP contribution in [0.25, 0.3) is 0 Å². The van der Waals surface area contributed by atoms with E-state index in [1.165, 1.54) is 0 Å². The van der Waals surface area contributed by atoms with Crippen LogP contribution in [-0.4, -0.2) is 60.2 Å². The molecule has 0 radical (unpaired) electrons. The lowest BCUT2D eigenvalue weighted by Crippen LogP contribution is -2.39. The van der Waals surface area contributed by atoms with E-state index in [9.17, 15) is 4.79 Å². The summed E-state index contributed by atoms with van der Waals surface area (Å²) in [5.74, 6) is -0.184. The summed E-state index contributed by atoms with van der Waals surface area (Å²) in [6.45, 7) is 5.86. The molecule has 0 unspecified atom stereocenters. The number of carbonyl (C=O) groups is 1. The molecule has 1 fully saturated rings. The number of carbonyl (C=O) groups excluding carboxylic acids is 1. The predicted molar refractivity (Wildman–Crippen MR) is 95.4 cm³/mol. The van der Waals surface area contributed by atoms with E-state index >= 15 is 0 Å². The van der Waals surface area contributed by atoms with Gasteiger partial charge in [0.1, 0.15) is 5.69 Å². The summed E-state index contributed by atoms with van der Waals surface area (Å²) in [5, 5.41) is 6.19. The molecule has 2 N–H and O–H groups in total. The molecule has 3 heterocycles. The molecule has 7 heteroatoms. The highest BCUT2D eigenvalue weighted by Crippen LogP contribution is 2.07. The highest BCUT2D eigenvalue weighted by Gasteiger charge is 2.10. The first-order valence-corrected chi connectivity index (χ1v) is 8.48. The van der Waals surface area contributed by atoms with Crippen molar-refractivity contribution in [1.29, 1.82) is 0 Å². The van der Waals surface area contributed by atoms with E-state index < -0.39 is 0 Å². The third-order valence-corrected chi connectivity index (χ3v) is 4.06. The van der Waals surface area contributed by atoms with Crippen LogP contribution in [0.4, 0.5) is 5.69 Å². The molecule has 7 nitrogen and oxygen atoms in total. The summed E-state index contributed by atoms with van der Waals surface area (Å²) in [4.78, 5) is 22.7. The molecule has 0 saturated carbocycles. The van der Waals surface area contributed by atoms with Crippen LogP contribution in [-0.2, 0) is 11.3 Å². The molecule has 0 bridgehead atoms. The summed E-state index contributed by atoms with van der Waals surface area (Å²) in [6, 6.07) is 7.36. The molecule has 132 valence electrons. The van der Waals surface area contributed by atoms with Crippen LogP contribution in [0.1, 0.15) is 16.1 Å². The molecule has 0 spiro atoms. The van der Waals surface area contributed by atoms with Crippen LogP contribution >= 0.6 is 0 Å². The molecule has 1 aliphatic rings. The Hall–Kier alpha value is -2.51. The van der Waals surface area contributed by atoms with Gasteiger partial charge in [-0.1, -0.05) is 0 Å². The highest BCUT2D eigenvalue weighted by molar-refractivity contribution is 5.92. The molecular weight excluding hydrogens is 318 g/mol. The molecule has 0 aliphatic carbocycles. The second-order valence-electron chi connectivity index (χ2n) is 5.85. The standard InChI is InChI=1S/C18H23N5O2/c24-18(22-13-15-3-5-19-6-4-15)17-2-1-16(14-21-17)20-7-8-23-9-11-25-12-10-23/h1-6,14,20H,7-13H2,(H,22,24). The van der Waals surface area contributed by atoms with E-state index in [1.54, 1.807) is 24.7 Å². The summed E-state index contributed by atoms with van der Waals surface area (Å²) < 4.78 is 5.33. The number of amides is 1. The van der Waals surface area contributed by atoms with Crippen LogP contribution in [0.15, 0.2) is 42.9 Å². The normalized spacial score (nSPS) is 14.9. The van der Waals surface area contributed by atoms with E-state index in [4.69, 9.17) is 4.74 Å². The first kappa shape index (κ1) is 17.3. The Morgan fingerprint density at radius 1 is 1.16 bits per heavy atom. The fourth-order valence-corrected chi connectivity index (χ4v) is 2.59. The Labute approximate surface area is 147 Å². The number of nitrogens with zero attached hydrogens (tertiary/aromatic N) is 3. The van der Waals surface area contributed by atoms with Crippen molar-refractivity contribution in [2.45, 2.75) is 6.54 Å². The minimum Gasteiger partial charge on any atom is -0.383 e. The van der Waals surface area contributed by atoms with Gasteiger partial charge < -0.3 is 15.4 Å². The second kappa shape index (κ2) is 9.10. The second-order valence-corrected chi connectivity index (χ2v) is 5.85. The Morgan fingerprint density at radius 3 is 2.68 bits per heavy atom. The van der Waals surface area contributed by atoms with E-state index in [0.29, 0.717) is 12.2 Å². The quantitative estimate of drug-likeness (QED) is 0.786. The van der Waals surface area contributed by atoms with Gasteiger partial charge in [0.15, 0.2) is 0 Å². The molecule has 2 aromatic rings. The van der Waals surface area contributed by atoms with Gasteiger partial charge in [0.25, 0.3) is 5.91 Å². The maximum atomic E-state index is 12.1. The first-order valence-electron chi connectivity index (χ1n) is 8.48. The molecule has 1 saturated heterocycles. The lowest BCUT2D eigenvalue weighted by molar-refractivity contribution is 0.0398. The van der Waals surface area contributed by atoms with Crippen molar-refractivity contribution in [3.05, 3.63) is 54.1 Å². The number of hydrogen-bond acceptors (Lipinski definition) is 6. The Morgan fingerprint density at radius 2 is 1.96 bits per heavy atom. The van der Waals surface area contributed by atoms with Gasteiger partial charge in [0.05, 0.1) is 25.1 Å². The fraction of sp³-hybridized carbons (Fsp3) is 0.389. The SMILES string of the molecule is O=C(NCc1ccncc1)c1ccc(NCCN2CCOCC2)cn1. The maximum absolute atomic E-state index is 12.1. The average molecular weight is 341 g/mol. The van der Waals surface area contributed by atoms with Crippen LogP contribution in [0, 0.1) is 0 Å².